The number of rotatable bonds is 2. The fourth-order valence-electron chi connectivity index (χ4n) is 5.28. The lowest BCUT2D eigenvalue weighted by Crippen LogP contribution is -2.47. The monoisotopic (exact) mass is 391 g/mol. The van der Waals surface area contributed by atoms with Gasteiger partial charge in [0.15, 0.2) is 0 Å². The van der Waals surface area contributed by atoms with Crippen LogP contribution in [0.1, 0.15) is 11.5 Å². The lowest BCUT2D eigenvalue weighted by Gasteiger charge is -2.31. The maximum Gasteiger partial charge on any atom is 0.229 e. The molecular weight excluding hydrogens is 370 g/mol. The first kappa shape index (κ1) is 17.0. The van der Waals surface area contributed by atoms with Crippen LogP contribution in [0.5, 0.6) is 0 Å². The zero-order valence-corrected chi connectivity index (χ0v) is 16.1. The SMILES string of the molecule is CN1C[C@]23C=C[C@H](O2)[C@H](C(=O)N2CCc4oc(-c5ccccc5)nc4C2)[C@@H]3C1=O. The van der Waals surface area contributed by atoms with Crippen molar-refractivity contribution in [3.8, 4) is 11.5 Å². The molecule has 2 bridgehead atoms. The van der Waals surface area contributed by atoms with Crippen LogP contribution in [0.15, 0.2) is 46.9 Å². The van der Waals surface area contributed by atoms with E-state index < -0.39 is 17.4 Å². The Morgan fingerprint density at radius 3 is 2.93 bits per heavy atom. The molecule has 4 aliphatic heterocycles. The van der Waals surface area contributed by atoms with Gasteiger partial charge in [0.1, 0.15) is 17.1 Å². The molecule has 1 aromatic carbocycles. The van der Waals surface area contributed by atoms with Crippen LogP contribution < -0.4 is 0 Å². The van der Waals surface area contributed by atoms with Gasteiger partial charge in [-0.1, -0.05) is 30.4 Å². The molecule has 2 fully saturated rings. The maximum atomic E-state index is 13.5. The number of carbonyl (C=O) groups is 2. The third-order valence-electron chi connectivity index (χ3n) is 6.63. The lowest BCUT2D eigenvalue weighted by molar-refractivity contribution is -0.143. The average molecular weight is 391 g/mol. The summed E-state index contributed by atoms with van der Waals surface area (Å²) in [5, 5.41) is 0. The fraction of sp³-hybridized carbons (Fsp3) is 0.409. The van der Waals surface area contributed by atoms with E-state index in [4.69, 9.17) is 9.15 Å². The van der Waals surface area contributed by atoms with Crippen molar-refractivity contribution in [2.75, 3.05) is 20.1 Å². The molecular formula is C22H21N3O4. The smallest absolute Gasteiger partial charge is 0.229 e. The van der Waals surface area contributed by atoms with Crippen molar-refractivity contribution < 1.29 is 18.7 Å². The van der Waals surface area contributed by atoms with Gasteiger partial charge in [-0.3, -0.25) is 9.59 Å². The third-order valence-corrected chi connectivity index (χ3v) is 6.63. The Morgan fingerprint density at radius 2 is 2.10 bits per heavy atom. The zero-order valence-electron chi connectivity index (χ0n) is 16.1. The van der Waals surface area contributed by atoms with Gasteiger partial charge in [0.25, 0.3) is 0 Å². The third kappa shape index (κ3) is 2.31. The van der Waals surface area contributed by atoms with Gasteiger partial charge < -0.3 is 19.0 Å². The first-order valence-electron chi connectivity index (χ1n) is 10.0. The minimum absolute atomic E-state index is 0.000647. The minimum atomic E-state index is -0.633. The normalized spacial score (nSPS) is 32.0. The Kier molecular flexibility index (Phi) is 3.39. The Bertz CT molecular complexity index is 1050. The van der Waals surface area contributed by atoms with E-state index in [0.29, 0.717) is 31.9 Å². The molecule has 148 valence electrons. The van der Waals surface area contributed by atoms with Crippen molar-refractivity contribution in [1.29, 1.82) is 0 Å². The van der Waals surface area contributed by atoms with E-state index in [1.54, 1.807) is 11.9 Å². The van der Waals surface area contributed by atoms with Crippen molar-refractivity contribution in [2.45, 2.75) is 24.7 Å². The van der Waals surface area contributed by atoms with Crippen molar-refractivity contribution in [3.63, 3.8) is 0 Å². The molecule has 1 aromatic heterocycles. The summed E-state index contributed by atoms with van der Waals surface area (Å²) < 4.78 is 12.1. The second kappa shape index (κ2) is 5.79. The van der Waals surface area contributed by atoms with Crippen LogP contribution in [0.4, 0.5) is 0 Å². The van der Waals surface area contributed by atoms with Crippen molar-refractivity contribution >= 4 is 11.8 Å². The van der Waals surface area contributed by atoms with Gasteiger partial charge in [-0.2, -0.15) is 0 Å². The van der Waals surface area contributed by atoms with Crippen molar-refractivity contribution in [3.05, 3.63) is 53.9 Å². The highest BCUT2D eigenvalue weighted by Crippen LogP contribution is 2.52. The van der Waals surface area contributed by atoms with Crippen LogP contribution in [0, 0.1) is 11.8 Å². The van der Waals surface area contributed by atoms with Crippen molar-refractivity contribution in [2.24, 2.45) is 11.8 Å². The van der Waals surface area contributed by atoms with E-state index in [0.717, 1.165) is 17.0 Å². The molecule has 29 heavy (non-hydrogen) atoms. The van der Waals surface area contributed by atoms with E-state index in [2.05, 4.69) is 4.98 Å². The number of likely N-dealkylation sites (N-methyl/N-ethyl adjacent to an activating group) is 1. The van der Waals surface area contributed by atoms with Crippen LogP contribution in [-0.4, -0.2) is 58.4 Å². The summed E-state index contributed by atoms with van der Waals surface area (Å²) in [6.45, 7) is 1.48. The van der Waals surface area contributed by atoms with E-state index in [-0.39, 0.29) is 17.9 Å². The van der Waals surface area contributed by atoms with E-state index in [1.165, 1.54) is 0 Å². The summed E-state index contributed by atoms with van der Waals surface area (Å²) in [7, 11) is 1.77. The van der Waals surface area contributed by atoms with Gasteiger partial charge in [-0.25, -0.2) is 4.98 Å². The van der Waals surface area contributed by atoms with Crippen molar-refractivity contribution in [1.82, 2.24) is 14.8 Å². The largest absolute Gasteiger partial charge is 0.441 e. The second-order valence-electron chi connectivity index (χ2n) is 8.36. The summed E-state index contributed by atoms with van der Waals surface area (Å²) in [6.07, 6.45) is 4.23. The lowest BCUT2D eigenvalue weighted by atomic mass is 9.76. The number of fused-ring (bicyclic) bond motifs is 2. The number of benzene rings is 1. The zero-order chi connectivity index (χ0) is 19.8. The molecule has 7 heteroatoms. The molecule has 5 heterocycles. The molecule has 0 unspecified atom stereocenters. The molecule has 2 saturated heterocycles. The highest BCUT2D eigenvalue weighted by Gasteiger charge is 2.66. The summed E-state index contributed by atoms with van der Waals surface area (Å²) in [4.78, 5) is 34.3. The number of hydrogen-bond acceptors (Lipinski definition) is 5. The Hall–Kier alpha value is -2.93. The number of ether oxygens (including phenoxy) is 1. The molecule has 0 N–H and O–H groups in total. The Morgan fingerprint density at radius 1 is 1.28 bits per heavy atom. The van der Waals surface area contributed by atoms with Gasteiger partial charge in [0.2, 0.25) is 17.7 Å². The van der Waals surface area contributed by atoms with Gasteiger partial charge >= 0.3 is 0 Å². The van der Waals surface area contributed by atoms with Crippen LogP contribution in [-0.2, 0) is 27.3 Å². The van der Waals surface area contributed by atoms with Crippen LogP contribution >= 0.6 is 0 Å². The van der Waals surface area contributed by atoms with Crippen LogP contribution in [0.3, 0.4) is 0 Å². The number of hydrogen-bond donors (Lipinski definition) is 0. The molecule has 4 aliphatic rings. The predicted molar refractivity (Wildman–Crippen MR) is 102 cm³/mol. The number of likely N-dealkylation sites (tertiary alicyclic amines) is 1. The first-order chi connectivity index (χ1) is 14.1. The number of oxazole rings is 1. The molecule has 6 rings (SSSR count). The molecule has 0 saturated carbocycles. The van der Waals surface area contributed by atoms with Gasteiger partial charge in [-0.05, 0) is 12.1 Å². The molecule has 2 amide bonds. The maximum absolute atomic E-state index is 13.5. The number of carbonyl (C=O) groups excluding carboxylic acids is 2. The summed E-state index contributed by atoms with van der Waals surface area (Å²) >= 11 is 0. The molecule has 4 atom stereocenters. The summed E-state index contributed by atoms with van der Waals surface area (Å²) in [6, 6.07) is 9.76. The van der Waals surface area contributed by atoms with Crippen LogP contribution in [0.25, 0.3) is 11.5 Å². The van der Waals surface area contributed by atoms with E-state index >= 15 is 0 Å². The standard InChI is InChI=1S/C22H21N3O4/c1-24-12-22-9-7-16(29-22)17(18(22)21(24)27)20(26)25-10-8-15-14(11-25)23-19(28-15)13-5-3-2-4-6-13/h2-7,9,16-18H,8,10-12H2,1H3/t16-,17-,18+,22-/m0/s1. The molecule has 1 spiro atoms. The average Bonchev–Trinajstić information content (AvgIpc) is 3.47. The number of nitrogens with zero attached hydrogens (tertiary/aromatic N) is 3. The quantitative estimate of drug-likeness (QED) is 0.728. The van der Waals surface area contributed by atoms with Crippen LogP contribution in [0.2, 0.25) is 0 Å². The van der Waals surface area contributed by atoms with E-state index in [9.17, 15) is 9.59 Å². The fourth-order valence-corrected chi connectivity index (χ4v) is 5.28. The Balaban J connectivity index is 1.26. The molecule has 2 aromatic rings. The van der Waals surface area contributed by atoms with E-state index in [1.807, 2.05) is 47.4 Å². The summed E-state index contributed by atoms with van der Waals surface area (Å²) in [5.41, 5.74) is 1.09. The molecule has 7 nitrogen and oxygen atoms in total. The number of amides is 2. The molecule has 0 radical (unpaired) electrons. The topological polar surface area (TPSA) is 75.9 Å². The molecule has 0 aliphatic carbocycles. The summed E-state index contributed by atoms with van der Waals surface area (Å²) in [5.74, 6) is 0.520. The first-order valence-corrected chi connectivity index (χ1v) is 10.0. The van der Waals surface area contributed by atoms with Gasteiger partial charge in [-0.15, -0.1) is 0 Å². The number of aromatic nitrogens is 1. The highest BCUT2D eigenvalue weighted by molar-refractivity contribution is 5.93. The highest BCUT2D eigenvalue weighted by atomic mass is 16.5. The predicted octanol–water partition coefficient (Wildman–Crippen LogP) is 1.64. The van der Waals surface area contributed by atoms with Gasteiger partial charge in [0, 0.05) is 25.6 Å². The second-order valence-corrected chi connectivity index (χ2v) is 8.36. The minimum Gasteiger partial charge on any atom is -0.441 e. The Labute approximate surface area is 167 Å². The van der Waals surface area contributed by atoms with Gasteiger partial charge in [0.05, 0.1) is 31.0 Å².